The molecule has 1 aliphatic rings. The molecule has 1 fully saturated rings. The number of aromatic nitrogens is 4. The van der Waals surface area contributed by atoms with Crippen LogP contribution in [0, 0.1) is 12.7 Å². The highest BCUT2D eigenvalue weighted by Crippen LogP contribution is 2.34. The number of halogens is 2. The zero-order chi connectivity index (χ0) is 28.9. The van der Waals surface area contributed by atoms with E-state index in [0.29, 0.717) is 34.4 Å². The zero-order valence-electron chi connectivity index (χ0n) is 23.4. The Labute approximate surface area is 230 Å². The van der Waals surface area contributed by atoms with Crippen LogP contribution in [0.5, 0.6) is 0 Å². The van der Waals surface area contributed by atoms with Crippen LogP contribution in [0.3, 0.4) is 0 Å². The molecule has 40 heavy (non-hydrogen) atoms. The predicted molar refractivity (Wildman–Crippen MR) is 148 cm³/mol. The molecule has 4 heterocycles. The van der Waals surface area contributed by atoms with Crippen molar-refractivity contribution in [2.24, 2.45) is 0 Å². The Balaban J connectivity index is 1.43. The van der Waals surface area contributed by atoms with Crippen molar-refractivity contribution in [3.8, 4) is 0 Å². The lowest BCUT2D eigenvalue weighted by Crippen LogP contribution is -2.45. The molecule has 0 unspecified atom stereocenters. The molecule has 12 heteroatoms. The normalized spacial score (nSPS) is 17.6. The average molecular weight is 554 g/mol. The number of aryl methyl sites for hydroxylation is 2. The molecule has 1 aliphatic heterocycles. The second-order valence-electron chi connectivity index (χ2n) is 11.1. The minimum absolute atomic E-state index is 0.0688. The third-order valence-corrected chi connectivity index (χ3v) is 6.95. The number of likely N-dealkylation sites (N-methyl/N-ethyl adjacent to an activating group) is 1. The molecule has 2 atom stereocenters. The number of carbonyl (C=O) groups is 2. The summed E-state index contributed by atoms with van der Waals surface area (Å²) >= 11 is 0. The summed E-state index contributed by atoms with van der Waals surface area (Å²) in [7, 11) is 1.54. The van der Waals surface area contributed by atoms with Gasteiger partial charge in [0.15, 0.2) is 11.5 Å². The number of alkyl halides is 1. The van der Waals surface area contributed by atoms with Crippen LogP contribution in [0.1, 0.15) is 43.7 Å². The molecule has 0 spiro atoms. The van der Waals surface area contributed by atoms with Crippen LogP contribution in [-0.2, 0) is 11.3 Å². The topological polar surface area (TPSA) is 97.0 Å². The van der Waals surface area contributed by atoms with Crippen molar-refractivity contribution in [1.29, 1.82) is 0 Å². The number of carbonyl (C=O) groups excluding carboxylic acids is 2. The fraction of sp³-hybridized carbons (Fsp3) is 0.429. The molecular formula is C28H33F2N7O3. The summed E-state index contributed by atoms with van der Waals surface area (Å²) in [5, 5.41) is 7.91. The summed E-state index contributed by atoms with van der Waals surface area (Å²) in [5.41, 5.74) is 2.05. The van der Waals surface area contributed by atoms with Gasteiger partial charge in [0.05, 0.1) is 41.2 Å². The highest BCUT2D eigenvalue weighted by atomic mass is 19.1. The number of rotatable bonds is 5. The van der Waals surface area contributed by atoms with Gasteiger partial charge in [0.25, 0.3) is 5.91 Å². The van der Waals surface area contributed by atoms with E-state index in [-0.39, 0.29) is 24.4 Å². The van der Waals surface area contributed by atoms with Gasteiger partial charge in [-0.25, -0.2) is 18.6 Å². The van der Waals surface area contributed by atoms with Crippen molar-refractivity contribution in [2.45, 2.75) is 59.0 Å². The Bertz CT molecular complexity index is 1610. The maximum Gasteiger partial charge on any atom is 0.410 e. The standard InChI is InChI=1S/C28H33F2N7O3/c1-7-37-24-18(26(38)33-17-10-20(29)25-32-16(2)12-36(25)13-17)8-9-22(19(24)11-31-37)35-14-21(30)23(15-35)34(6)27(39)40-28(3,4)5/h8-13,21,23H,7,14-15H2,1-6H3,(H,33,38)/t21-,23+/m0/s1. The van der Waals surface area contributed by atoms with Crippen molar-refractivity contribution >= 4 is 39.9 Å². The van der Waals surface area contributed by atoms with E-state index in [9.17, 15) is 14.0 Å². The number of nitrogens with one attached hydrogen (secondary N) is 1. The van der Waals surface area contributed by atoms with Gasteiger partial charge in [-0.05, 0) is 46.8 Å². The van der Waals surface area contributed by atoms with Crippen LogP contribution >= 0.6 is 0 Å². The van der Waals surface area contributed by atoms with E-state index in [4.69, 9.17) is 4.74 Å². The highest BCUT2D eigenvalue weighted by molar-refractivity contribution is 6.14. The van der Waals surface area contributed by atoms with Crippen LogP contribution in [0.25, 0.3) is 16.6 Å². The first-order chi connectivity index (χ1) is 18.9. The van der Waals surface area contributed by atoms with Gasteiger partial charge in [-0.15, -0.1) is 0 Å². The van der Waals surface area contributed by atoms with Gasteiger partial charge in [0, 0.05) is 49.7 Å². The third kappa shape index (κ3) is 5.05. The first kappa shape index (κ1) is 27.4. The lowest BCUT2D eigenvalue weighted by Gasteiger charge is -2.29. The van der Waals surface area contributed by atoms with Gasteiger partial charge in [0.2, 0.25) is 0 Å². The lowest BCUT2D eigenvalue weighted by atomic mass is 10.1. The van der Waals surface area contributed by atoms with Crippen LogP contribution in [-0.4, -0.2) is 74.0 Å². The van der Waals surface area contributed by atoms with Gasteiger partial charge in [0.1, 0.15) is 11.8 Å². The van der Waals surface area contributed by atoms with Crippen LogP contribution in [0.15, 0.2) is 36.8 Å². The maximum atomic E-state index is 15.2. The smallest absolute Gasteiger partial charge is 0.410 e. The fourth-order valence-electron chi connectivity index (χ4n) is 5.11. The van der Waals surface area contributed by atoms with Gasteiger partial charge in [-0.2, -0.15) is 5.10 Å². The molecule has 1 saturated heterocycles. The number of hydrogen-bond acceptors (Lipinski definition) is 6. The fourth-order valence-corrected chi connectivity index (χ4v) is 5.11. The van der Waals surface area contributed by atoms with E-state index >= 15 is 4.39 Å². The van der Waals surface area contributed by atoms with Crippen LogP contribution in [0.2, 0.25) is 0 Å². The quantitative estimate of drug-likeness (QED) is 0.382. The van der Waals surface area contributed by atoms with Crippen LogP contribution < -0.4 is 10.2 Å². The first-order valence-corrected chi connectivity index (χ1v) is 13.2. The molecule has 3 aromatic heterocycles. The van der Waals surface area contributed by atoms with E-state index in [1.807, 2.05) is 11.8 Å². The van der Waals surface area contributed by atoms with E-state index in [0.717, 1.165) is 0 Å². The summed E-state index contributed by atoms with van der Waals surface area (Å²) in [4.78, 5) is 33.3. The second kappa shape index (κ2) is 10.1. The highest BCUT2D eigenvalue weighted by Gasteiger charge is 2.39. The molecule has 0 aliphatic carbocycles. The summed E-state index contributed by atoms with van der Waals surface area (Å²) in [5.74, 6) is -0.986. The molecule has 212 valence electrons. The molecule has 1 N–H and O–H groups in total. The SMILES string of the molecule is CCn1ncc2c(N3C[C@@H](N(C)C(=O)OC(C)(C)C)[C@@H](F)C3)ccc(C(=O)Nc3cc(F)c4nc(C)cn4c3)c21. The summed E-state index contributed by atoms with van der Waals surface area (Å²) < 4.78 is 38.5. The minimum Gasteiger partial charge on any atom is -0.444 e. The Morgan fingerprint density at radius 3 is 2.67 bits per heavy atom. The van der Waals surface area contributed by atoms with Crippen molar-refractivity contribution < 1.29 is 23.1 Å². The molecule has 0 bridgehead atoms. The number of amides is 2. The first-order valence-electron chi connectivity index (χ1n) is 13.2. The number of benzene rings is 1. The van der Waals surface area contributed by atoms with E-state index in [1.165, 1.54) is 22.4 Å². The van der Waals surface area contributed by atoms with Crippen LogP contribution in [0.4, 0.5) is 25.0 Å². The second-order valence-corrected chi connectivity index (χ2v) is 11.1. The van der Waals surface area contributed by atoms with Crippen molar-refractivity contribution in [3.63, 3.8) is 0 Å². The van der Waals surface area contributed by atoms with Gasteiger partial charge in [-0.1, -0.05) is 0 Å². The number of imidazole rings is 1. The van der Waals surface area contributed by atoms with Gasteiger partial charge >= 0.3 is 6.09 Å². The average Bonchev–Trinajstić information content (AvgIpc) is 3.58. The van der Waals surface area contributed by atoms with Crippen molar-refractivity contribution in [2.75, 3.05) is 30.4 Å². The Morgan fingerprint density at radius 2 is 1.98 bits per heavy atom. The molecule has 10 nitrogen and oxygen atoms in total. The molecule has 4 aromatic rings. The van der Waals surface area contributed by atoms with Gasteiger partial charge in [-0.3, -0.25) is 9.48 Å². The Hall–Kier alpha value is -4.22. The summed E-state index contributed by atoms with van der Waals surface area (Å²) in [6.07, 6.45) is 3.05. The molecule has 5 rings (SSSR count). The molecule has 0 saturated carbocycles. The predicted octanol–water partition coefficient (Wildman–Crippen LogP) is 4.80. The Morgan fingerprint density at radius 1 is 1.23 bits per heavy atom. The van der Waals surface area contributed by atoms with E-state index < -0.39 is 35.6 Å². The largest absolute Gasteiger partial charge is 0.444 e. The third-order valence-electron chi connectivity index (χ3n) is 6.95. The number of anilines is 2. The minimum atomic E-state index is -1.30. The maximum absolute atomic E-state index is 15.2. The Kier molecular flexibility index (Phi) is 6.89. The van der Waals surface area contributed by atoms with Gasteiger partial charge < -0.3 is 24.3 Å². The van der Waals surface area contributed by atoms with Crippen molar-refractivity contribution in [1.82, 2.24) is 24.1 Å². The zero-order valence-corrected chi connectivity index (χ0v) is 23.4. The monoisotopic (exact) mass is 553 g/mol. The molecular weight excluding hydrogens is 520 g/mol. The number of pyridine rings is 1. The lowest BCUT2D eigenvalue weighted by molar-refractivity contribution is 0.0183. The molecule has 2 amide bonds. The summed E-state index contributed by atoms with van der Waals surface area (Å²) in [6, 6.07) is 3.94. The van der Waals surface area contributed by atoms with E-state index in [1.54, 1.807) is 63.1 Å². The number of ether oxygens (including phenoxy) is 1. The van der Waals surface area contributed by atoms with E-state index in [2.05, 4.69) is 15.4 Å². The number of nitrogens with zero attached hydrogens (tertiary/aromatic N) is 6. The van der Waals surface area contributed by atoms with Crippen molar-refractivity contribution in [3.05, 3.63) is 53.9 Å². The number of fused-ring (bicyclic) bond motifs is 2. The summed E-state index contributed by atoms with van der Waals surface area (Å²) in [6.45, 7) is 9.78. The molecule has 0 radical (unpaired) electrons. The molecule has 1 aromatic carbocycles. The number of hydrogen-bond donors (Lipinski definition) is 1.